The van der Waals surface area contributed by atoms with E-state index in [1.807, 2.05) is 12.1 Å². The number of halogens is 1. The van der Waals surface area contributed by atoms with Gasteiger partial charge in [-0.25, -0.2) is 8.42 Å². The van der Waals surface area contributed by atoms with Crippen LogP contribution in [-0.2, 0) is 16.3 Å². The van der Waals surface area contributed by atoms with E-state index in [1.165, 1.54) is 30.3 Å². The highest BCUT2D eigenvalue weighted by Gasteiger charge is 2.19. The minimum absolute atomic E-state index is 0.101. The summed E-state index contributed by atoms with van der Waals surface area (Å²) >= 11 is 5.78. The second kappa shape index (κ2) is 7.67. The second-order valence-corrected chi connectivity index (χ2v) is 7.66. The zero-order valence-electron chi connectivity index (χ0n) is 13.2. The second-order valence-electron chi connectivity index (χ2n) is 5.32. The molecule has 0 saturated heterocycles. The maximum atomic E-state index is 12.5. The molecule has 2 aromatic heterocycles. The molecule has 0 bridgehead atoms. The lowest BCUT2D eigenvalue weighted by molar-refractivity contribution is 0.504. The van der Waals surface area contributed by atoms with Gasteiger partial charge in [-0.2, -0.15) is 0 Å². The van der Waals surface area contributed by atoms with Crippen LogP contribution in [0.25, 0.3) is 0 Å². The van der Waals surface area contributed by atoms with Crippen LogP contribution >= 0.6 is 11.6 Å². The Hall–Kier alpha value is -2.38. The third kappa shape index (κ3) is 4.37. The zero-order valence-corrected chi connectivity index (χ0v) is 14.8. The number of rotatable bonds is 7. The van der Waals surface area contributed by atoms with Crippen LogP contribution in [0.5, 0.6) is 0 Å². The Balaban J connectivity index is 1.60. The van der Waals surface area contributed by atoms with Gasteiger partial charge in [0.25, 0.3) is 0 Å². The SMILES string of the molecule is O=S(=O)(c1ccc(Cl)cc1)c1ccc(NCCCc2ccco2)nn1. The molecule has 1 aromatic carbocycles. The van der Waals surface area contributed by atoms with Gasteiger partial charge in [0.1, 0.15) is 11.6 Å². The molecule has 3 aromatic rings. The Labute approximate surface area is 150 Å². The molecular formula is C17H16ClN3O3S. The van der Waals surface area contributed by atoms with E-state index in [0.717, 1.165) is 18.6 Å². The van der Waals surface area contributed by atoms with Crippen LogP contribution in [-0.4, -0.2) is 25.2 Å². The highest BCUT2D eigenvalue weighted by atomic mass is 35.5. The molecule has 3 rings (SSSR count). The van der Waals surface area contributed by atoms with Crippen LogP contribution in [0.15, 0.2) is 69.1 Å². The first kappa shape index (κ1) is 17.4. The number of nitrogens with one attached hydrogen (secondary N) is 1. The highest BCUT2D eigenvalue weighted by molar-refractivity contribution is 7.91. The zero-order chi connectivity index (χ0) is 17.7. The van der Waals surface area contributed by atoms with Crippen LogP contribution < -0.4 is 5.32 Å². The maximum absolute atomic E-state index is 12.5. The van der Waals surface area contributed by atoms with Gasteiger partial charge < -0.3 is 9.73 Å². The van der Waals surface area contributed by atoms with Crippen molar-refractivity contribution in [1.82, 2.24) is 10.2 Å². The summed E-state index contributed by atoms with van der Waals surface area (Å²) in [6.07, 6.45) is 3.32. The fourth-order valence-corrected chi connectivity index (χ4v) is 3.48. The summed E-state index contributed by atoms with van der Waals surface area (Å²) in [7, 11) is -3.70. The van der Waals surface area contributed by atoms with Crippen LogP contribution in [0, 0.1) is 0 Å². The summed E-state index contributed by atoms with van der Waals surface area (Å²) < 4.78 is 30.2. The third-order valence-electron chi connectivity index (χ3n) is 3.53. The Kier molecular flexibility index (Phi) is 5.35. The first-order valence-corrected chi connectivity index (χ1v) is 9.52. The van der Waals surface area contributed by atoms with Gasteiger partial charge in [-0.05, 0) is 55.0 Å². The van der Waals surface area contributed by atoms with Gasteiger partial charge in [-0.1, -0.05) is 11.6 Å². The summed E-state index contributed by atoms with van der Waals surface area (Å²) in [5.41, 5.74) is 0. The van der Waals surface area contributed by atoms with Gasteiger partial charge in [-0.15, -0.1) is 10.2 Å². The number of aryl methyl sites for hydroxylation is 1. The number of anilines is 1. The van der Waals surface area contributed by atoms with Crippen LogP contribution in [0.3, 0.4) is 0 Å². The van der Waals surface area contributed by atoms with E-state index in [0.29, 0.717) is 17.4 Å². The number of hydrogen-bond acceptors (Lipinski definition) is 6. The Bertz CT molecular complexity index is 909. The predicted octanol–water partition coefficient (Wildman–Crippen LogP) is 3.60. The molecule has 0 saturated carbocycles. The van der Waals surface area contributed by atoms with E-state index in [9.17, 15) is 8.42 Å². The van der Waals surface area contributed by atoms with E-state index >= 15 is 0 Å². The minimum Gasteiger partial charge on any atom is -0.469 e. The van der Waals surface area contributed by atoms with Crippen LogP contribution in [0.4, 0.5) is 5.82 Å². The van der Waals surface area contributed by atoms with Gasteiger partial charge in [0.2, 0.25) is 9.84 Å². The van der Waals surface area contributed by atoms with E-state index < -0.39 is 9.84 Å². The van der Waals surface area contributed by atoms with Crippen molar-refractivity contribution in [2.75, 3.05) is 11.9 Å². The normalized spacial score (nSPS) is 11.4. The molecule has 0 spiro atoms. The van der Waals surface area contributed by atoms with Crippen molar-refractivity contribution in [3.63, 3.8) is 0 Å². The molecule has 0 radical (unpaired) electrons. The van der Waals surface area contributed by atoms with E-state index in [-0.39, 0.29) is 9.92 Å². The summed E-state index contributed by atoms with van der Waals surface area (Å²) in [4.78, 5) is 0.130. The number of nitrogens with zero attached hydrogens (tertiary/aromatic N) is 2. The van der Waals surface area contributed by atoms with Gasteiger partial charge in [0.15, 0.2) is 5.03 Å². The number of aromatic nitrogens is 2. The summed E-state index contributed by atoms with van der Waals surface area (Å²) in [5, 5.41) is 11.2. The van der Waals surface area contributed by atoms with Crippen molar-refractivity contribution >= 4 is 27.3 Å². The molecule has 0 aliphatic heterocycles. The van der Waals surface area contributed by atoms with E-state index in [4.69, 9.17) is 16.0 Å². The smallest absolute Gasteiger partial charge is 0.225 e. The Morgan fingerprint density at radius 2 is 1.84 bits per heavy atom. The molecule has 0 atom stereocenters. The lowest BCUT2D eigenvalue weighted by Gasteiger charge is -2.06. The number of furan rings is 1. The Morgan fingerprint density at radius 1 is 1.04 bits per heavy atom. The number of sulfone groups is 1. The summed E-state index contributed by atoms with van der Waals surface area (Å²) in [6.45, 7) is 0.679. The monoisotopic (exact) mass is 377 g/mol. The molecule has 1 N–H and O–H groups in total. The van der Waals surface area contributed by atoms with Gasteiger partial charge in [0, 0.05) is 18.0 Å². The molecule has 0 amide bonds. The lowest BCUT2D eigenvalue weighted by atomic mass is 10.2. The third-order valence-corrected chi connectivity index (χ3v) is 5.44. The fraction of sp³-hybridized carbons (Fsp3) is 0.176. The maximum Gasteiger partial charge on any atom is 0.225 e. The molecular weight excluding hydrogens is 362 g/mol. The Morgan fingerprint density at radius 3 is 2.48 bits per heavy atom. The average molecular weight is 378 g/mol. The largest absolute Gasteiger partial charge is 0.469 e. The van der Waals surface area contributed by atoms with Crippen molar-refractivity contribution in [2.24, 2.45) is 0 Å². The highest BCUT2D eigenvalue weighted by Crippen LogP contribution is 2.21. The summed E-state index contributed by atoms with van der Waals surface area (Å²) in [6, 6.07) is 12.8. The molecule has 0 aliphatic rings. The summed E-state index contributed by atoms with van der Waals surface area (Å²) in [5.74, 6) is 1.45. The van der Waals surface area contributed by atoms with Crippen molar-refractivity contribution in [3.05, 3.63) is 65.6 Å². The molecule has 130 valence electrons. The van der Waals surface area contributed by atoms with Gasteiger partial charge in [-0.3, -0.25) is 0 Å². The average Bonchev–Trinajstić information content (AvgIpc) is 3.13. The quantitative estimate of drug-likeness (QED) is 0.633. The molecule has 2 heterocycles. The number of hydrogen-bond donors (Lipinski definition) is 1. The van der Waals surface area contributed by atoms with Gasteiger partial charge in [0.05, 0.1) is 11.2 Å². The molecule has 0 unspecified atom stereocenters. The van der Waals surface area contributed by atoms with Crippen molar-refractivity contribution in [2.45, 2.75) is 22.8 Å². The van der Waals surface area contributed by atoms with E-state index in [2.05, 4.69) is 15.5 Å². The van der Waals surface area contributed by atoms with Crippen LogP contribution in [0.1, 0.15) is 12.2 Å². The molecule has 0 fully saturated rings. The molecule has 8 heteroatoms. The van der Waals surface area contributed by atoms with Crippen molar-refractivity contribution < 1.29 is 12.8 Å². The topological polar surface area (TPSA) is 85.1 Å². The lowest BCUT2D eigenvalue weighted by Crippen LogP contribution is -2.09. The van der Waals surface area contributed by atoms with Gasteiger partial charge >= 0.3 is 0 Å². The van der Waals surface area contributed by atoms with E-state index in [1.54, 1.807) is 12.3 Å². The molecule has 6 nitrogen and oxygen atoms in total. The molecule has 0 aliphatic carbocycles. The van der Waals surface area contributed by atoms with Crippen molar-refractivity contribution in [1.29, 1.82) is 0 Å². The first-order chi connectivity index (χ1) is 12.1. The molecule has 25 heavy (non-hydrogen) atoms. The minimum atomic E-state index is -3.70. The first-order valence-electron chi connectivity index (χ1n) is 7.66. The van der Waals surface area contributed by atoms with Crippen LogP contribution in [0.2, 0.25) is 5.02 Å². The fourth-order valence-electron chi connectivity index (χ4n) is 2.23. The van der Waals surface area contributed by atoms with Crippen molar-refractivity contribution in [3.8, 4) is 0 Å². The number of benzene rings is 1. The predicted molar refractivity (Wildman–Crippen MR) is 94.5 cm³/mol. The standard InChI is InChI=1S/C17H16ClN3O3S/c18-13-5-7-15(8-6-13)25(22,23)17-10-9-16(20-21-17)19-11-1-3-14-4-2-12-24-14/h2,4-10,12H,1,3,11H2,(H,19,20).